The van der Waals surface area contributed by atoms with Crippen molar-refractivity contribution in [3.63, 3.8) is 0 Å². The van der Waals surface area contributed by atoms with Gasteiger partial charge in [-0.15, -0.1) is 0 Å². The molecule has 0 spiro atoms. The summed E-state index contributed by atoms with van der Waals surface area (Å²) >= 11 is 3.29. The first-order valence-corrected chi connectivity index (χ1v) is 10.6. The molecule has 29 heavy (non-hydrogen) atoms. The maximum absolute atomic E-state index is 12.5. The van der Waals surface area contributed by atoms with Crippen molar-refractivity contribution < 1.29 is 13.2 Å². The Hall–Kier alpha value is -3.24. The van der Waals surface area contributed by atoms with Crippen LogP contribution >= 0.6 is 15.9 Å². The fourth-order valence-electron chi connectivity index (χ4n) is 2.46. The minimum atomic E-state index is -3.67. The number of sulfonamides is 1. The zero-order chi connectivity index (χ0) is 20.3. The first-order valence-electron chi connectivity index (χ1n) is 8.36. The van der Waals surface area contributed by atoms with Crippen LogP contribution in [0.2, 0.25) is 0 Å². The van der Waals surface area contributed by atoms with Gasteiger partial charge in [0.25, 0.3) is 10.0 Å². The van der Waals surface area contributed by atoms with E-state index >= 15 is 0 Å². The zero-order valence-corrected chi connectivity index (χ0v) is 17.2. The zero-order valence-electron chi connectivity index (χ0n) is 14.8. The molecule has 0 saturated carbocycles. The van der Waals surface area contributed by atoms with E-state index in [1.165, 1.54) is 18.5 Å². The molecule has 4 aromatic rings. The number of rotatable bonds is 6. The van der Waals surface area contributed by atoms with E-state index in [1.807, 2.05) is 0 Å². The second-order valence-corrected chi connectivity index (χ2v) is 8.47. The number of halogens is 1. The van der Waals surface area contributed by atoms with Crippen LogP contribution < -0.4 is 9.46 Å². The molecule has 1 N–H and O–H groups in total. The van der Waals surface area contributed by atoms with Crippen molar-refractivity contribution >= 4 is 31.6 Å². The summed E-state index contributed by atoms with van der Waals surface area (Å²) in [5.74, 6) is 1.48. The Morgan fingerprint density at radius 2 is 1.76 bits per heavy atom. The summed E-state index contributed by atoms with van der Waals surface area (Å²) in [6.07, 6.45) is 6.43. The minimum Gasteiger partial charge on any atom is -0.439 e. The highest BCUT2D eigenvalue weighted by molar-refractivity contribution is 9.10. The summed E-state index contributed by atoms with van der Waals surface area (Å²) in [4.78, 5) is 12.4. The summed E-state index contributed by atoms with van der Waals surface area (Å²) in [7, 11) is -3.67. The molecule has 0 atom stereocenters. The number of aromatic nitrogens is 4. The van der Waals surface area contributed by atoms with E-state index in [0.29, 0.717) is 23.1 Å². The highest BCUT2D eigenvalue weighted by Crippen LogP contribution is 2.24. The van der Waals surface area contributed by atoms with Gasteiger partial charge in [0.2, 0.25) is 5.88 Å². The van der Waals surface area contributed by atoms with Gasteiger partial charge in [-0.25, -0.2) is 23.4 Å². The van der Waals surface area contributed by atoms with E-state index in [-0.39, 0.29) is 4.90 Å². The number of hydrogen-bond acceptors (Lipinski definition) is 6. The molecule has 4 rings (SSSR count). The van der Waals surface area contributed by atoms with E-state index in [0.717, 1.165) is 4.47 Å². The Balaban J connectivity index is 1.47. The van der Waals surface area contributed by atoms with E-state index in [1.54, 1.807) is 65.8 Å². The van der Waals surface area contributed by atoms with Gasteiger partial charge in [-0.1, -0.05) is 15.9 Å². The standard InChI is InChI=1S/C19H14BrN5O3S/c20-14-1-7-17(8-2-14)29(26,27)24-15-3-5-16(6-4-15)28-19-11-18(22-12-23-19)25-10-9-21-13-25/h1-13,24H. The predicted molar refractivity (Wildman–Crippen MR) is 111 cm³/mol. The Morgan fingerprint density at radius 1 is 1.00 bits per heavy atom. The average molecular weight is 472 g/mol. The van der Waals surface area contributed by atoms with Crippen LogP contribution in [-0.2, 0) is 10.0 Å². The summed E-state index contributed by atoms with van der Waals surface area (Å²) in [6, 6.07) is 14.6. The summed E-state index contributed by atoms with van der Waals surface area (Å²) in [6.45, 7) is 0. The lowest BCUT2D eigenvalue weighted by Gasteiger charge is -2.10. The van der Waals surface area contributed by atoms with Crippen LogP contribution in [0.15, 0.2) is 89.0 Å². The number of nitrogens with zero attached hydrogens (tertiary/aromatic N) is 4. The Morgan fingerprint density at radius 3 is 2.45 bits per heavy atom. The van der Waals surface area contributed by atoms with Crippen LogP contribution in [0.3, 0.4) is 0 Å². The molecule has 2 heterocycles. The molecule has 8 nitrogen and oxygen atoms in total. The molecular weight excluding hydrogens is 458 g/mol. The van der Waals surface area contributed by atoms with Crippen LogP contribution in [-0.4, -0.2) is 27.9 Å². The number of anilines is 1. The summed E-state index contributed by atoms with van der Waals surface area (Å²) < 4.78 is 35.7. The molecule has 0 aliphatic rings. The van der Waals surface area contributed by atoms with Gasteiger partial charge in [-0.2, -0.15) is 0 Å². The minimum absolute atomic E-state index is 0.175. The molecule has 0 fully saturated rings. The molecule has 2 aromatic carbocycles. The molecule has 146 valence electrons. The van der Waals surface area contributed by atoms with Gasteiger partial charge in [-0.3, -0.25) is 9.29 Å². The van der Waals surface area contributed by atoms with Gasteiger partial charge in [0.1, 0.15) is 24.2 Å². The monoisotopic (exact) mass is 471 g/mol. The lowest BCUT2D eigenvalue weighted by Crippen LogP contribution is -2.12. The first kappa shape index (κ1) is 19.1. The quantitative estimate of drug-likeness (QED) is 0.455. The van der Waals surface area contributed by atoms with Crippen molar-refractivity contribution in [1.82, 2.24) is 19.5 Å². The largest absolute Gasteiger partial charge is 0.439 e. The van der Waals surface area contributed by atoms with Crippen molar-refractivity contribution in [2.75, 3.05) is 4.72 Å². The second-order valence-electron chi connectivity index (χ2n) is 5.87. The Kier molecular flexibility index (Phi) is 5.28. The average Bonchev–Trinajstić information content (AvgIpc) is 3.25. The fraction of sp³-hybridized carbons (Fsp3) is 0. The van der Waals surface area contributed by atoms with Gasteiger partial charge >= 0.3 is 0 Å². The molecule has 0 amide bonds. The normalized spacial score (nSPS) is 11.2. The van der Waals surface area contributed by atoms with E-state index in [9.17, 15) is 8.42 Å². The van der Waals surface area contributed by atoms with Crippen LogP contribution in [0.1, 0.15) is 0 Å². The third-order valence-corrected chi connectivity index (χ3v) is 5.78. The van der Waals surface area contributed by atoms with Crippen molar-refractivity contribution in [2.24, 2.45) is 0 Å². The van der Waals surface area contributed by atoms with Crippen molar-refractivity contribution in [3.05, 3.63) is 84.1 Å². The molecule has 0 radical (unpaired) electrons. The SMILES string of the molecule is O=S(=O)(Nc1ccc(Oc2cc(-n3ccnc3)ncn2)cc1)c1ccc(Br)cc1. The molecule has 2 aromatic heterocycles. The van der Waals surface area contributed by atoms with Gasteiger partial charge in [0.15, 0.2) is 0 Å². The third-order valence-electron chi connectivity index (χ3n) is 3.85. The van der Waals surface area contributed by atoms with Crippen molar-refractivity contribution in [1.29, 1.82) is 0 Å². The smallest absolute Gasteiger partial charge is 0.261 e. The predicted octanol–water partition coefficient (Wildman–Crippen LogP) is 4.02. The number of ether oxygens (including phenoxy) is 1. The second kappa shape index (κ2) is 8.02. The van der Waals surface area contributed by atoms with E-state index < -0.39 is 10.0 Å². The summed E-state index contributed by atoms with van der Waals surface area (Å²) in [5.41, 5.74) is 0.419. The van der Waals surface area contributed by atoms with E-state index in [4.69, 9.17) is 4.74 Å². The number of nitrogens with one attached hydrogen (secondary N) is 1. The Labute approximate surface area is 175 Å². The van der Waals surface area contributed by atoms with Crippen LogP contribution in [0, 0.1) is 0 Å². The highest BCUT2D eigenvalue weighted by atomic mass is 79.9. The molecule has 0 aliphatic heterocycles. The number of benzene rings is 2. The van der Waals surface area contributed by atoms with Crippen molar-refractivity contribution in [3.8, 4) is 17.4 Å². The van der Waals surface area contributed by atoms with Crippen LogP contribution in [0.4, 0.5) is 5.69 Å². The third kappa shape index (κ3) is 4.61. The van der Waals surface area contributed by atoms with Gasteiger partial charge < -0.3 is 4.74 Å². The van der Waals surface area contributed by atoms with Gasteiger partial charge in [-0.05, 0) is 48.5 Å². The number of hydrogen-bond donors (Lipinski definition) is 1. The van der Waals surface area contributed by atoms with Gasteiger partial charge in [0.05, 0.1) is 4.90 Å². The maximum Gasteiger partial charge on any atom is 0.261 e. The molecule has 0 unspecified atom stereocenters. The topological polar surface area (TPSA) is 99.0 Å². The first-order chi connectivity index (χ1) is 14.0. The molecular formula is C19H14BrN5O3S. The molecule has 0 saturated heterocycles. The van der Waals surface area contributed by atoms with Gasteiger partial charge in [0, 0.05) is 28.6 Å². The maximum atomic E-state index is 12.5. The van der Waals surface area contributed by atoms with Crippen molar-refractivity contribution in [2.45, 2.75) is 4.90 Å². The lowest BCUT2D eigenvalue weighted by atomic mass is 10.3. The lowest BCUT2D eigenvalue weighted by molar-refractivity contribution is 0.461. The molecule has 0 bridgehead atoms. The fourth-order valence-corrected chi connectivity index (χ4v) is 3.78. The highest BCUT2D eigenvalue weighted by Gasteiger charge is 2.14. The van der Waals surface area contributed by atoms with E-state index in [2.05, 4.69) is 35.6 Å². The van der Waals surface area contributed by atoms with Crippen LogP contribution in [0.5, 0.6) is 11.6 Å². The number of imidazole rings is 1. The molecule has 0 aliphatic carbocycles. The summed E-state index contributed by atoms with van der Waals surface area (Å²) in [5, 5.41) is 0. The molecule has 10 heteroatoms. The Bertz CT molecular complexity index is 1210. The van der Waals surface area contributed by atoms with Crippen LogP contribution in [0.25, 0.3) is 5.82 Å².